The smallest absolute Gasteiger partial charge is 0.115 e. The highest BCUT2D eigenvalue weighted by Crippen LogP contribution is 1.79. The van der Waals surface area contributed by atoms with Gasteiger partial charge in [-0.3, -0.25) is 0 Å². The Balaban J connectivity index is 3.74. The molecule has 9 heavy (non-hydrogen) atoms. The van der Waals surface area contributed by atoms with Gasteiger partial charge in [0.05, 0.1) is 0 Å². The summed E-state index contributed by atoms with van der Waals surface area (Å²) in [6.45, 7) is 5.13. The van der Waals surface area contributed by atoms with Gasteiger partial charge in [0.1, 0.15) is 5.82 Å². The first kappa shape index (κ1) is 7.75. The maximum Gasteiger partial charge on any atom is 0.115 e. The molecule has 0 amide bonds. The topological polar surface area (TPSA) is 64.4 Å². The van der Waals surface area contributed by atoms with Gasteiger partial charge in [-0.2, -0.15) is 0 Å². The van der Waals surface area contributed by atoms with E-state index in [4.69, 9.17) is 11.5 Å². The Morgan fingerprint density at radius 2 is 2.11 bits per heavy atom. The van der Waals surface area contributed by atoms with E-state index in [9.17, 15) is 0 Å². The highest BCUT2D eigenvalue weighted by molar-refractivity contribution is 5.72. The Labute approximate surface area is 54.8 Å². The average Bonchev–Trinajstić information content (AvgIpc) is 1.63. The Kier molecular flexibility index (Phi) is 3.20. The van der Waals surface area contributed by atoms with Crippen LogP contribution in [-0.4, -0.2) is 6.21 Å². The molecule has 0 aliphatic heterocycles. The molecule has 0 spiro atoms. The summed E-state index contributed by atoms with van der Waals surface area (Å²) in [6.07, 6.45) is 3.16. The molecule has 0 bridgehead atoms. The van der Waals surface area contributed by atoms with Gasteiger partial charge in [0.25, 0.3) is 0 Å². The fraction of sp³-hybridized carbons (Fsp3) is 0.167. The van der Waals surface area contributed by atoms with Gasteiger partial charge < -0.3 is 11.5 Å². The Morgan fingerprint density at radius 3 is 2.44 bits per heavy atom. The third-order valence-electron chi connectivity index (χ3n) is 0.578. The minimum atomic E-state index is 0.285. The summed E-state index contributed by atoms with van der Waals surface area (Å²) in [5.74, 6) is 0.285. The molecule has 0 aromatic heterocycles. The average molecular weight is 125 g/mol. The monoisotopic (exact) mass is 125 g/mol. The van der Waals surface area contributed by atoms with E-state index >= 15 is 0 Å². The summed E-state index contributed by atoms with van der Waals surface area (Å²) >= 11 is 0. The first-order chi connectivity index (χ1) is 4.13. The fourth-order valence-corrected chi connectivity index (χ4v) is 0.251. The molecule has 0 heterocycles. The number of nitrogens with two attached hydrogens (primary N) is 2. The van der Waals surface area contributed by atoms with Crippen LogP contribution in [0.3, 0.4) is 0 Å². The highest BCUT2D eigenvalue weighted by atomic mass is 14.9. The van der Waals surface area contributed by atoms with Crippen molar-refractivity contribution in [2.24, 2.45) is 16.5 Å². The molecule has 3 nitrogen and oxygen atoms in total. The molecular formula is C6H11N3. The molecule has 50 valence electrons. The number of allylic oxidation sites excluding steroid dienone is 2. The van der Waals surface area contributed by atoms with Crippen LogP contribution >= 0.6 is 0 Å². The van der Waals surface area contributed by atoms with E-state index < -0.39 is 0 Å². The zero-order valence-electron chi connectivity index (χ0n) is 5.46. The molecule has 0 rings (SSSR count). The van der Waals surface area contributed by atoms with Gasteiger partial charge >= 0.3 is 0 Å². The van der Waals surface area contributed by atoms with Gasteiger partial charge in [0, 0.05) is 11.9 Å². The van der Waals surface area contributed by atoms with Crippen molar-refractivity contribution in [3.63, 3.8) is 0 Å². The molecule has 4 N–H and O–H groups in total. The van der Waals surface area contributed by atoms with Gasteiger partial charge in [-0.15, -0.1) is 0 Å². The summed E-state index contributed by atoms with van der Waals surface area (Å²) in [5.41, 5.74) is 11.1. The minimum absolute atomic E-state index is 0.285. The first-order valence-electron chi connectivity index (χ1n) is 2.53. The van der Waals surface area contributed by atoms with Crippen molar-refractivity contribution in [2.75, 3.05) is 0 Å². The Bertz CT molecular complexity index is 152. The van der Waals surface area contributed by atoms with Crippen LogP contribution in [0.15, 0.2) is 29.2 Å². The molecule has 0 fully saturated rings. The predicted molar refractivity (Wildman–Crippen MR) is 39.8 cm³/mol. The number of rotatable bonds is 2. The van der Waals surface area contributed by atoms with Crippen LogP contribution in [0.4, 0.5) is 0 Å². The molecule has 0 aliphatic rings. The van der Waals surface area contributed by atoms with Gasteiger partial charge in [-0.1, -0.05) is 6.58 Å². The number of hydrogen-bond donors (Lipinski definition) is 2. The van der Waals surface area contributed by atoms with E-state index in [1.807, 2.05) is 0 Å². The summed E-state index contributed by atoms with van der Waals surface area (Å²) in [6, 6.07) is 0. The molecule has 0 atom stereocenters. The SMILES string of the molecule is C=C(N)N=C/C=C(/C)N. The van der Waals surface area contributed by atoms with E-state index in [0.717, 1.165) is 0 Å². The molecule has 0 aliphatic carbocycles. The molecule has 0 saturated heterocycles. The van der Waals surface area contributed by atoms with Crippen molar-refractivity contribution in [3.8, 4) is 0 Å². The van der Waals surface area contributed by atoms with Crippen molar-refractivity contribution in [2.45, 2.75) is 6.92 Å². The summed E-state index contributed by atoms with van der Waals surface area (Å²) in [7, 11) is 0. The Morgan fingerprint density at radius 1 is 1.56 bits per heavy atom. The van der Waals surface area contributed by atoms with Crippen molar-refractivity contribution in [3.05, 3.63) is 24.2 Å². The molecular weight excluding hydrogens is 114 g/mol. The van der Waals surface area contributed by atoms with Crippen molar-refractivity contribution in [1.82, 2.24) is 0 Å². The second-order valence-corrected chi connectivity index (χ2v) is 1.68. The third-order valence-corrected chi connectivity index (χ3v) is 0.578. The normalized spacial score (nSPS) is 12.3. The van der Waals surface area contributed by atoms with Crippen molar-refractivity contribution < 1.29 is 0 Å². The number of aliphatic imine (C=N–C) groups is 1. The van der Waals surface area contributed by atoms with Gasteiger partial charge in [0.2, 0.25) is 0 Å². The second kappa shape index (κ2) is 3.72. The quantitative estimate of drug-likeness (QED) is 0.523. The maximum absolute atomic E-state index is 5.28. The Hall–Kier alpha value is -1.25. The van der Waals surface area contributed by atoms with Crippen LogP contribution < -0.4 is 11.5 Å². The van der Waals surface area contributed by atoms with Crippen molar-refractivity contribution >= 4 is 6.21 Å². The lowest BCUT2D eigenvalue weighted by atomic mass is 10.5. The van der Waals surface area contributed by atoms with Crippen LogP contribution in [0.5, 0.6) is 0 Å². The van der Waals surface area contributed by atoms with E-state index in [1.165, 1.54) is 6.21 Å². The number of nitrogens with zero attached hydrogens (tertiary/aromatic N) is 1. The van der Waals surface area contributed by atoms with Crippen LogP contribution in [0.25, 0.3) is 0 Å². The van der Waals surface area contributed by atoms with E-state index in [1.54, 1.807) is 13.0 Å². The van der Waals surface area contributed by atoms with Gasteiger partial charge in [-0.25, -0.2) is 4.99 Å². The van der Waals surface area contributed by atoms with Gasteiger partial charge in [0.15, 0.2) is 0 Å². The highest BCUT2D eigenvalue weighted by Gasteiger charge is 1.72. The molecule has 0 aromatic carbocycles. The third kappa shape index (κ3) is 6.75. The number of hydrogen-bond acceptors (Lipinski definition) is 3. The molecule has 3 heteroatoms. The van der Waals surface area contributed by atoms with Crippen LogP contribution in [0, 0.1) is 0 Å². The van der Waals surface area contributed by atoms with Crippen molar-refractivity contribution in [1.29, 1.82) is 0 Å². The summed E-state index contributed by atoms with van der Waals surface area (Å²) in [4.78, 5) is 3.67. The largest absolute Gasteiger partial charge is 0.402 e. The predicted octanol–water partition coefficient (Wildman–Crippen LogP) is 0.350. The second-order valence-electron chi connectivity index (χ2n) is 1.68. The van der Waals surface area contributed by atoms with E-state index in [-0.39, 0.29) is 5.82 Å². The van der Waals surface area contributed by atoms with Crippen LogP contribution in [0.1, 0.15) is 6.92 Å². The molecule has 0 saturated carbocycles. The van der Waals surface area contributed by atoms with Crippen LogP contribution in [0.2, 0.25) is 0 Å². The minimum Gasteiger partial charge on any atom is -0.402 e. The maximum atomic E-state index is 5.28. The standard InChI is InChI=1S/C6H11N3/c1-5(7)3-4-9-6(2)8/h3-4H,2,7-8H2,1H3/b5-3-,9-4?. The molecule has 0 aromatic rings. The first-order valence-corrected chi connectivity index (χ1v) is 2.53. The van der Waals surface area contributed by atoms with Crippen LogP contribution in [-0.2, 0) is 0 Å². The lowest BCUT2D eigenvalue weighted by Gasteiger charge is -1.84. The zero-order chi connectivity index (χ0) is 7.28. The lowest BCUT2D eigenvalue weighted by Crippen LogP contribution is -1.92. The summed E-state index contributed by atoms with van der Waals surface area (Å²) < 4.78 is 0. The lowest BCUT2D eigenvalue weighted by molar-refractivity contribution is 1.27. The summed E-state index contributed by atoms with van der Waals surface area (Å²) in [5, 5.41) is 0. The van der Waals surface area contributed by atoms with E-state index in [0.29, 0.717) is 5.70 Å². The van der Waals surface area contributed by atoms with E-state index in [2.05, 4.69) is 11.6 Å². The zero-order valence-corrected chi connectivity index (χ0v) is 5.46. The van der Waals surface area contributed by atoms with Gasteiger partial charge in [-0.05, 0) is 13.0 Å². The molecule has 0 radical (unpaired) electrons. The fourth-order valence-electron chi connectivity index (χ4n) is 0.251. The molecule has 0 unspecified atom stereocenters.